The fraction of sp³-hybridized carbons (Fsp3) is 0.320. The summed E-state index contributed by atoms with van der Waals surface area (Å²) in [6.07, 6.45) is -4.21. The second kappa shape index (κ2) is 14.8. The molecule has 0 bridgehead atoms. The van der Waals surface area contributed by atoms with E-state index in [1.165, 1.54) is 11.3 Å². The van der Waals surface area contributed by atoms with Gasteiger partial charge in [0.1, 0.15) is 0 Å². The predicted molar refractivity (Wildman–Crippen MR) is 130 cm³/mol. The number of nitrogens with zero attached hydrogens (tertiary/aromatic N) is 4. The van der Waals surface area contributed by atoms with Crippen molar-refractivity contribution in [1.29, 1.82) is 0 Å². The highest BCUT2D eigenvalue weighted by Gasteiger charge is 2.38. The molecular weight excluding hydrogens is 564 g/mol. The van der Waals surface area contributed by atoms with Crippen molar-refractivity contribution in [2.24, 2.45) is 0 Å². The number of rotatable bonds is 6. The van der Waals surface area contributed by atoms with Gasteiger partial charge in [0.15, 0.2) is 0 Å². The summed E-state index contributed by atoms with van der Waals surface area (Å²) in [5.41, 5.74) is 3.13. The lowest BCUT2D eigenvalue weighted by atomic mass is 10.1. The summed E-state index contributed by atoms with van der Waals surface area (Å²) >= 11 is 0. The summed E-state index contributed by atoms with van der Waals surface area (Å²) in [5.74, 6) is -5.60. The van der Waals surface area contributed by atoms with Gasteiger partial charge in [0, 0.05) is 44.8 Å². The molecule has 0 radical (unpaired) electrons. The maximum absolute atomic E-state index is 12.2. The van der Waals surface area contributed by atoms with Crippen LogP contribution in [0.2, 0.25) is 0 Å². The lowest BCUT2D eigenvalue weighted by Crippen LogP contribution is -2.39. The van der Waals surface area contributed by atoms with Crippen LogP contribution in [0.3, 0.4) is 0 Å². The summed E-state index contributed by atoms with van der Waals surface area (Å²) in [7, 11) is 0. The molecule has 3 N–H and O–H groups in total. The van der Waals surface area contributed by atoms with Crippen molar-refractivity contribution < 1.29 is 50.9 Å². The molecule has 222 valence electrons. The number of nitrogens with one attached hydrogen (secondary N) is 1. The molecule has 0 saturated heterocycles. The highest BCUT2D eigenvalue weighted by Crippen LogP contribution is 2.24. The third kappa shape index (κ3) is 11.3. The molecule has 3 heterocycles. The topological polar surface area (TPSA) is 138 Å². The third-order valence-electron chi connectivity index (χ3n) is 5.37. The Kier molecular flexibility index (Phi) is 11.8. The molecule has 2 aromatic heterocycles. The van der Waals surface area contributed by atoms with Gasteiger partial charge in [0.25, 0.3) is 5.91 Å². The van der Waals surface area contributed by atoms with Crippen LogP contribution in [0.5, 0.6) is 0 Å². The number of hydrogen-bond donors (Lipinski definition) is 3. The van der Waals surface area contributed by atoms with E-state index in [9.17, 15) is 31.1 Å². The van der Waals surface area contributed by atoms with E-state index < -0.39 is 24.3 Å². The number of carbonyl (C=O) groups is 3. The minimum Gasteiger partial charge on any atom is -0.475 e. The molecule has 4 rings (SSSR count). The van der Waals surface area contributed by atoms with Gasteiger partial charge in [-0.15, -0.1) is 0 Å². The number of carboxylic acid groups (broad SMARTS) is 2. The molecule has 0 spiro atoms. The molecule has 1 unspecified atom stereocenters. The van der Waals surface area contributed by atoms with E-state index >= 15 is 0 Å². The van der Waals surface area contributed by atoms with Crippen LogP contribution in [0.1, 0.15) is 34.1 Å². The lowest BCUT2D eigenvalue weighted by Gasteiger charge is -2.34. The van der Waals surface area contributed by atoms with Crippen molar-refractivity contribution in [3.63, 3.8) is 0 Å². The smallest absolute Gasteiger partial charge is 0.475 e. The molecular formula is C25H25F6N5O5. The highest BCUT2D eigenvalue weighted by atomic mass is 19.4. The normalized spacial score (nSPS) is 14.8. The maximum atomic E-state index is 12.2. The number of amides is 1. The summed E-state index contributed by atoms with van der Waals surface area (Å²) in [6, 6.07) is 16.4. The van der Waals surface area contributed by atoms with Crippen molar-refractivity contribution in [2.45, 2.75) is 37.9 Å². The molecule has 41 heavy (non-hydrogen) atoms. The maximum Gasteiger partial charge on any atom is 0.490 e. The van der Waals surface area contributed by atoms with Gasteiger partial charge in [-0.25, -0.2) is 9.59 Å². The van der Waals surface area contributed by atoms with Crippen molar-refractivity contribution in [1.82, 2.24) is 25.0 Å². The van der Waals surface area contributed by atoms with E-state index in [2.05, 4.69) is 55.3 Å². The second-order valence-electron chi connectivity index (χ2n) is 8.47. The standard InChI is InChI=1S/C21H23N5O.2C2HF3O2/c27-21(18-7-4-10-22-13-18)23-11-8-19-15-25(14-17-5-2-1-3-6-17)16-20-9-12-24-26(19)20;2*3-2(4,5)1(6)7/h1-7,9-10,12-13,19H,8,11,14-16H2,(H,23,27);2*(H,6,7). The van der Waals surface area contributed by atoms with Crippen LogP contribution in [0, 0.1) is 0 Å². The van der Waals surface area contributed by atoms with E-state index in [1.54, 1.807) is 24.5 Å². The van der Waals surface area contributed by atoms with Gasteiger partial charge in [-0.05, 0) is 30.2 Å². The number of halogens is 6. The monoisotopic (exact) mass is 589 g/mol. The van der Waals surface area contributed by atoms with Gasteiger partial charge in [-0.2, -0.15) is 31.4 Å². The summed E-state index contributed by atoms with van der Waals surface area (Å²) in [5, 5.41) is 21.7. The number of fused-ring (bicyclic) bond motifs is 1. The van der Waals surface area contributed by atoms with Crippen LogP contribution in [0.4, 0.5) is 26.3 Å². The highest BCUT2D eigenvalue weighted by molar-refractivity contribution is 5.93. The molecule has 1 aliphatic rings. The van der Waals surface area contributed by atoms with Crippen LogP contribution in [0.25, 0.3) is 0 Å². The summed E-state index contributed by atoms with van der Waals surface area (Å²) in [4.78, 5) is 36.4. The van der Waals surface area contributed by atoms with Crippen LogP contribution in [-0.2, 0) is 22.7 Å². The van der Waals surface area contributed by atoms with Crippen molar-refractivity contribution in [2.75, 3.05) is 13.1 Å². The minimum atomic E-state index is -5.08. The Morgan fingerprint density at radius 3 is 2.05 bits per heavy atom. The zero-order chi connectivity index (χ0) is 30.6. The fourth-order valence-electron chi connectivity index (χ4n) is 3.59. The predicted octanol–water partition coefficient (Wildman–Crippen LogP) is 3.92. The van der Waals surface area contributed by atoms with Crippen LogP contribution in [0.15, 0.2) is 67.1 Å². The van der Waals surface area contributed by atoms with Gasteiger partial charge < -0.3 is 15.5 Å². The Bertz CT molecular complexity index is 1250. The zero-order valence-electron chi connectivity index (χ0n) is 21.1. The number of benzene rings is 1. The molecule has 3 aromatic rings. The number of carbonyl (C=O) groups excluding carboxylic acids is 1. The lowest BCUT2D eigenvalue weighted by molar-refractivity contribution is -0.193. The molecule has 0 fully saturated rings. The second-order valence-corrected chi connectivity index (χ2v) is 8.47. The van der Waals surface area contributed by atoms with Gasteiger partial charge in [0.2, 0.25) is 0 Å². The number of carboxylic acids is 2. The first kappa shape index (κ1) is 32.7. The van der Waals surface area contributed by atoms with Gasteiger partial charge >= 0.3 is 24.3 Å². The third-order valence-corrected chi connectivity index (χ3v) is 5.37. The van der Waals surface area contributed by atoms with E-state index in [4.69, 9.17) is 19.8 Å². The van der Waals surface area contributed by atoms with E-state index in [0.29, 0.717) is 12.1 Å². The molecule has 1 amide bonds. The Morgan fingerprint density at radius 2 is 1.51 bits per heavy atom. The van der Waals surface area contributed by atoms with Crippen LogP contribution in [-0.4, -0.2) is 73.2 Å². The van der Waals surface area contributed by atoms with E-state index in [-0.39, 0.29) is 11.9 Å². The number of hydrogen-bond acceptors (Lipinski definition) is 6. The molecule has 0 saturated carbocycles. The first-order chi connectivity index (χ1) is 19.2. The Balaban J connectivity index is 0.000000349. The molecule has 1 aromatic carbocycles. The quantitative estimate of drug-likeness (QED) is 0.368. The van der Waals surface area contributed by atoms with Crippen LogP contribution >= 0.6 is 0 Å². The Hall–Kier alpha value is -4.47. The van der Waals surface area contributed by atoms with Gasteiger partial charge in [-0.3, -0.25) is 19.4 Å². The first-order valence-electron chi connectivity index (χ1n) is 11.8. The molecule has 1 atom stereocenters. The summed E-state index contributed by atoms with van der Waals surface area (Å²) < 4.78 is 65.6. The Morgan fingerprint density at radius 1 is 0.902 bits per heavy atom. The van der Waals surface area contributed by atoms with Crippen molar-refractivity contribution in [3.8, 4) is 0 Å². The van der Waals surface area contributed by atoms with Crippen molar-refractivity contribution >= 4 is 17.8 Å². The Labute approximate surface area is 229 Å². The zero-order valence-corrected chi connectivity index (χ0v) is 21.1. The number of pyridine rings is 1. The van der Waals surface area contributed by atoms with Crippen molar-refractivity contribution in [3.05, 3.63) is 83.9 Å². The number of aliphatic carboxylic acids is 2. The SMILES string of the molecule is O=C(NCCC1CN(Cc2ccccc2)Cc2ccnn21)c1cccnc1.O=C(O)C(F)(F)F.O=C(O)C(F)(F)F. The van der Waals surface area contributed by atoms with E-state index in [0.717, 1.165) is 26.1 Å². The molecule has 16 heteroatoms. The molecule has 0 aliphatic carbocycles. The van der Waals surface area contributed by atoms with Crippen LogP contribution < -0.4 is 5.32 Å². The minimum absolute atomic E-state index is 0.0826. The first-order valence-corrected chi connectivity index (χ1v) is 11.8. The largest absolute Gasteiger partial charge is 0.490 e. The average molecular weight is 589 g/mol. The van der Waals surface area contributed by atoms with E-state index in [1.807, 2.05) is 12.3 Å². The number of aromatic nitrogens is 3. The number of alkyl halides is 6. The average Bonchev–Trinajstić information content (AvgIpc) is 3.38. The van der Waals surface area contributed by atoms with Gasteiger partial charge in [0.05, 0.1) is 17.3 Å². The summed E-state index contributed by atoms with van der Waals surface area (Å²) in [6.45, 7) is 3.35. The van der Waals surface area contributed by atoms with Gasteiger partial charge in [-0.1, -0.05) is 30.3 Å². The molecule has 1 aliphatic heterocycles. The fourth-order valence-corrected chi connectivity index (χ4v) is 3.59. The molecule has 10 nitrogen and oxygen atoms in total.